The van der Waals surface area contributed by atoms with Gasteiger partial charge in [0.2, 0.25) is 5.91 Å². The van der Waals surface area contributed by atoms with Gasteiger partial charge in [0.15, 0.2) is 0 Å². The Kier molecular flexibility index (Phi) is 5.60. The Morgan fingerprint density at radius 1 is 1.33 bits per heavy atom. The normalized spacial score (nSPS) is 20.4. The van der Waals surface area contributed by atoms with Crippen LogP contribution in [0.4, 0.5) is 0 Å². The topological polar surface area (TPSA) is 58.4 Å². The van der Waals surface area contributed by atoms with Crippen LogP contribution >= 0.6 is 0 Å². The minimum atomic E-state index is -0.0642. The number of hydrogen-bond acceptors (Lipinski definition) is 3. The van der Waals surface area contributed by atoms with Crippen molar-refractivity contribution in [3.8, 4) is 0 Å². The Hall–Kier alpha value is -0.610. The molecular weight excluding hydrogens is 226 g/mol. The first kappa shape index (κ1) is 15.4. The van der Waals surface area contributed by atoms with Crippen LogP contribution in [-0.4, -0.2) is 43.5 Å². The minimum absolute atomic E-state index is 0.0642. The van der Waals surface area contributed by atoms with Crippen LogP contribution in [0, 0.1) is 11.8 Å². The lowest BCUT2D eigenvalue weighted by molar-refractivity contribution is -0.126. The summed E-state index contributed by atoms with van der Waals surface area (Å²) >= 11 is 0. The van der Waals surface area contributed by atoms with Crippen molar-refractivity contribution in [3.05, 3.63) is 0 Å². The highest BCUT2D eigenvalue weighted by atomic mass is 16.1. The maximum Gasteiger partial charge on any atom is 0.224 e. The van der Waals surface area contributed by atoms with E-state index in [4.69, 9.17) is 5.73 Å². The quantitative estimate of drug-likeness (QED) is 0.750. The molecule has 1 fully saturated rings. The Bertz CT molecular complexity index is 270. The third-order valence-electron chi connectivity index (χ3n) is 4.47. The number of nitrogens with two attached hydrogens (primary N) is 1. The third kappa shape index (κ3) is 3.45. The lowest BCUT2D eigenvalue weighted by Crippen LogP contribution is -2.52. The first-order chi connectivity index (χ1) is 8.43. The Morgan fingerprint density at radius 3 is 2.28 bits per heavy atom. The molecular formula is C14H29N3O. The van der Waals surface area contributed by atoms with Gasteiger partial charge in [-0.3, -0.25) is 4.79 Å². The molecule has 0 bridgehead atoms. The van der Waals surface area contributed by atoms with Crippen molar-refractivity contribution in [1.82, 2.24) is 10.2 Å². The lowest BCUT2D eigenvalue weighted by atomic mass is 9.93. The fraction of sp³-hybridized carbons (Fsp3) is 0.929. The highest BCUT2D eigenvalue weighted by Gasteiger charge is 2.36. The summed E-state index contributed by atoms with van der Waals surface area (Å²) in [5.41, 5.74) is 5.84. The highest BCUT2D eigenvalue weighted by Crippen LogP contribution is 2.33. The number of likely N-dealkylation sites (N-methyl/N-ethyl adjacent to an activating group) is 1. The molecule has 3 N–H and O–H groups in total. The molecule has 1 saturated carbocycles. The van der Waals surface area contributed by atoms with Crippen molar-refractivity contribution >= 4 is 5.91 Å². The highest BCUT2D eigenvalue weighted by molar-refractivity contribution is 5.79. The smallest absolute Gasteiger partial charge is 0.224 e. The molecule has 0 aromatic heterocycles. The SMILES string of the molecule is CC(C)C(CN)C(=O)NCC1(N(C)C)CCCC1. The second-order valence-corrected chi connectivity index (χ2v) is 6.13. The average Bonchev–Trinajstić information content (AvgIpc) is 2.76. The second-order valence-electron chi connectivity index (χ2n) is 6.13. The van der Waals surface area contributed by atoms with Gasteiger partial charge >= 0.3 is 0 Å². The van der Waals surface area contributed by atoms with Crippen LogP contribution in [0.25, 0.3) is 0 Å². The summed E-state index contributed by atoms with van der Waals surface area (Å²) in [6, 6.07) is 0. The molecule has 0 heterocycles. The van der Waals surface area contributed by atoms with E-state index in [1.165, 1.54) is 25.7 Å². The maximum absolute atomic E-state index is 12.1. The molecule has 18 heavy (non-hydrogen) atoms. The maximum atomic E-state index is 12.1. The lowest BCUT2D eigenvalue weighted by Gasteiger charge is -2.37. The Labute approximate surface area is 111 Å². The minimum Gasteiger partial charge on any atom is -0.354 e. The fourth-order valence-electron chi connectivity index (χ4n) is 2.88. The van der Waals surface area contributed by atoms with E-state index in [-0.39, 0.29) is 17.4 Å². The number of hydrogen-bond donors (Lipinski definition) is 2. The molecule has 1 aliphatic rings. The zero-order chi connectivity index (χ0) is 13.8. The van der Waals surface area contributed by atoms with Crippen LogP contribution in [0.15, 0.2) is 0 Å². The summed E-state index contributed by atoms with van der Waals surface area (Å²) in [5.74, 6) is 0.347. The monoisotopic (exact) mass is 255 g/mol. The van der Waals surface area contributed by atoms with Crippen molar-refractivity contribution in [2.75, 3.05) is 27.2 Å². The predicted octanol–water partition coefficient (Wildman–Crippen LogP) is 1.21. The first-order valence-electron chi connectivity index (χ1n) is 7.08. The number of nitrogens with zero attached hydrogens (tertiary/aromatic N) is 1. The van der Waals surface area contributed by atoms with E-state index in [1.54, 1.807) is 0 Å². The van der Waals surface area contributed by atoms with Gasteiger partial charge in [0.1, 0.15) is 0 Å². The summed E-state index contributed by atoms with van der Waals surface area (Å²) in [5, 5.41) is 3.12. The molecule has 1 atom stereocenters. The van der Waals surface area contributed by atoms with Crippen molar-refractivity contribution in [3.63, 3.8) is 0 Å². The number of rotatable bonds is 6. The second kappa shape index (κ2) is 6.53. The molecule has 0 aliphatic heterocycles. The number of carbonyl (C=O) groups excluding carboxylic acids is 1. The Balaban J connectivity index is 2.55. The third-order valence-corrected chi connectivity index (χ3v) is 4.47. The van der Waals surface area contributed by atoms with E-state index < -0.39 is 0 Å². The van der Waals surface area contributed by atoms with Crippen molar-refractivity contribution in [2.45, 2.75) is 45.1 Å². The van der Waals surface area contributed by atoms with E-state index in [0.29, 0.717) is 12.5 Å². The molecule has 0 aromatic rings. The van der Waals surface area contributed by atoms with Gasteiger partial charge < -0.3 is 16.0 Å². The van der Waals surface area contributed by atoms with Crippen molar-refractivity contribution < 1.29 is 4.79 Å². The molecule has 1 aliphatic carbocycles. The van der Waals surface area contributed by atoms with E-state index in [1.807, 2.05) is 13.8 Å². The van der Waals surface area contributed by atoms with E-state index in [0.717, 1.165) is 6.54 Å². The summed E-state index contributed by atoms with van der Waals surface area (Å²) in [7, 11) is 4.22. The van der Waals surface area contributed by atoms with E-state index >= 15 is 0 Å². The number of nitrogens with one attached hydrogen (secondary N) is 1. The average molecular weight is 255 g/mol. The molecule has 0 aromatic carbocycles. The molecule has 4 heteroatoms. The summed E-state index contributed by atoms with van der Waals surface area (Å²) in [6.07, 6.45) is 4.88. The van der Waals surface area contributed by atoms with E-state index in [9.17, 15) is 4.79 Å². The zero-order valence-electron chi connectivity index (χ0n) is 12.3. The Morgan fingerprint density at radius 2 is 1.89 bits per heavy atom. The molecule has 106 valence electrons. The van der Waals surface area contributed by atoms with Gasteiger partial charge in [-0.25, -0.2) is 0 Å². The van der Waals surface area contributed by atoms with Gasteiger partial charge in [0, 0.05) is 18.6 Å². The molecule has 0 radical (unpaired) electrons. The van der Waals surface area contributed by atoms with Crippen LogP contribution < -0.4 is 11.1 Å². The predicted molar refractivity (Wildman–Crippen MR) is 75.3 cm³/mol. The van der Waals surface area contributed by atoms with Gasteiger partial charge in [0.05, 0.1) is 5.92 Å². The van der Waals surface area contributed by atoms with Crippen LogP contribution in [-0.2, 0) is 4.79 Å². The fourth-order valence-corrected chi connectivity index (χ4v) is 2.88. The van der Waals surface area contributed by atoms with Gasteiger partial charge in [-0.2, -0.15) is 0 Å². The van der Waals surface area contributed by atoms with Gasteiger partial charge in [0.25, 0.3) is 0 Å². The van der Waals surface area contributed by atoms with Crippen molar-refractivity contribution in [2.24, 2.45) is 17.6 Å². The number of amides is 1. The van der Waals surface area contributed by atoms with E-state index in [2.05, 4.69) is 24.3 Å². The first-order valence-corrected chi connectivity index (χ1v) is 7.08. The van der Waals surface area contributed by atoms with Gasteiger partial charge in [-0.1, -0.05) is 26.7 Å². The van der Waals surface area contributed by atoms with Crippen LogP contribution in [0.1, 0.15) is 39.5 Å². The zero-order valence-corrected chi connectivity index (χ0v) is 12.3. The van der Waals surface area contributed by atoms with Gasteiger partial charge in [-0.05, 0) is 32.9 Å². The molecule has 1 unspecified atom stereocenters. The standard InChI is InChI=1S/C14H29N3O/c1-11(2)12(9-15)13(18)16-10-14(17(3)4)7-5-6-8-14/h11-12H,5-10,15H2,1-4H3,(H,16,18). The van der Waals surface area contributed by atoms with Crippen molar-refractivity contribution in [1.29, 1.82) is 0 Å². The van der Waals surface area contributed by atoms with Gasteiger partial charge in [-0.15, -0.1) is 0 Å². The molecule has 1 amide bonds. The molecule has 1 rings (SSSR count). The number of carbonyl (C=O) groups is 1. The summed E-state index contributed by atoms with van der Waals surface area (Å²) in [4.78, 5) is 14.4. The molecule has 4 nitrogen and oxygen atoms in total. The van der Waals surface area contributed by atoms with Crippen LogP contribution in [0.3, 0.4) is 0 Å². The van der Waals surface area contributed by atoms with Crippen LogP contribution in [0.5, 0.6) is 0 Å². The summed E-state index contributed by atoms with van der Waals surface area (Å²) in [6.45, 7) is 5.28. The largest absolute Gasteiger partial charge is 0.354 e. The molecule has 0 saturated heterocycles. The molecule has 0 spiro atoms. The summed E-state index contributed by atoms with van der Waals surface area (Å²) < 4.78 is 0. The van der Waals surface area contributed by atoms with Crippen LogP contribution in [0.2, 0.25) is 0 Å².